The van der Waals surface area contributed by atoms with Crippen LogP contribution in [-0.4, -0.2) is 29.2 Å². The molecule has 2 bridgehead atoms. The molecule has 2 aliphatic rings. The molecular weight excluding hydrogens is 268 g/mol. The minimum Gasteiger partial charge on any atom is -0.480 e. The zero-order chi connectivity index (χ0) is 15.8. The van der Waals surface area contributed by atoms with Crippen LogP contribution in [0, 0.1) is 16.7 Å². The Labute approximate surface area is 126 Å². The molecule has 2 saturated carbocycles. The second-order valence-corrected chi connectivity index (χ2v) is 7.65. The van der Waals surface area contributed by atoms with Crippen molar-refractivity contribution in [2.45, 2.75) is 71.9 Å². The molecule has 3 N–H and O–H groups in total. The molecule has 0 aromatic carbocycles. The van der Waals surface area contributed by atoms with E-state index in [2.05, 4.69) is 31.4 Å². The molecule has 0 heterocycles. The number of nitrogens with one attached hydrogen (secondary N) is 2. The Morgan fingerprint density at radius 3 is 2.48 bits per heavy atom. The highest BCUT2D eigenvalue weighted by Crippen LogP contribution is 2.62. The van der Waals surface area contributed by atoms with Gasteiger partial charge in [-0.05, 0) is 42.4 Å². The van der Waals surface area contributed by atoms with Crippen molar-refractivity contribution in [2.24, 2.45) is 16.7 Å². The number of fused-ring (bicyclic) bond motifs is 2. The fraction of sp³-hybridized carbons (Fsp3) is 0.875. The van der Waals surface area contributed by atoms with Crippen molar-refractivity contribution in [3.63, 3.8) is 0 Å². The summed E-state index contributed by atoms with van der Waals surface area (Å²) in [5.41, 5.74) is 0.225. The van der Waals surface area contributed by atoms with E-state index in [-0.39, 0.29) is 22.9 Å². The summed E-state index contributed by atoms with van der Waals surface area (Å²) in [4.78, 5) is 23.3. The number of rotatable bonds is 5. The number of hydrogen-bond donors (Lipinski definition) is 3. The number of hydrogen-bond acceptors (Lipinski definition) is 2. The van der Waals surface area contributed by atoms with Gasteiger partial charge in [0.25, 0.3) is 0 Å². The molecule has 21 heavy (non-hydrogen) atoms. The Morgan fingerprint density at radius 1 is 1.33 bits per heavy atom. The van der Waals surface area contributed by atoms with Crippen molar-refractivity contribution < 1.29 is 14.7 Å². The molecule has 2 aliphatic carbocycles. The predicted octanol–water partition coefficient (Wildman–Crippen LogP) is 2.75. The second kappa shape index (κ2) is 5.50. The SMILES string of the molecule is CCCC(NC(=O)NC1C2(C)CCC(C2)C1(C)C)C(=O)O. The van der Waals surface area contributed by atoms with E-state index in [1.54, 1.807) is 0 Å². The third-order valence-corrected chi connectivity index (χ3v) is 5.73. The van der Waals surface area contributed by atoms with Gasteiger partial charge in [0.15, 0.2) is 0 Å². The minimum atomic E-state index is -0.967. The Morgan fingerprint density at radius 2 is 2.00 bits per heavy atom. The van der Waals surface area contributed by atoms with Crippen LogP contribution in [0.3, 0.4) is 0 Å². The number of urea groups is 1. The number of aliphatic carboxylic acids is 1. The van der Waals surface area contributed by atoms with Gasteiger partial charge < -0.3 is 15.7 Å². The van der Waals surface area contributed by atoms with Crippen LogP contribution in [0.5, 0.6) is 0 Å². The highest BCUT2D eigenvalue weighted by molar-refractivity contribution is 5.82. The van der Waals surface area contributed by atoms with Gasteiger partial charge in [0, 0.05) is 6.04 Å². The number of carbonyl (C=O) groups is 2. The Kier molecular flexibility index (Phi) is 4.22. The van der Waals surface area contributed by atoms with E-state index in [1.165, 1.54) is 6.42 Å². The lowest BCUT2D eigenvalue weighted by Crippen LogP contribution is -2.57. The average molecular weight is 296 g/mol. The highest BCUT2D eigenvalue weighted by atomic mass is 16.4. The maximum absolute atomic E-state index is 12.2. The van der Waals surface area contributed by atoms with Gasteiger partial charge in [0.2, 0.25) is 0 Å². The van der Waals surface area contributed by atoms with E-state index in [0.29, 0.717) is 12.3 Å². The van der Waals surface area contributed by atoms with Crippen molar-refractivity contribution in [1.82, 2.24) is 10.6 Å². The van der Waals surface area contributed by atoms with E-state index < -0.39 is 12.0 Å². The van der Waals surface area contributed by atoms with Gasteiger partial charge in [0.05, 0.1) is 0 Å². The van der Waals surface area contributed by atoms with E-state index in [4.69, 9.17) is 5.11 Å². The van der Waals surface area contributed by atoms with Crippen LogP contribution in [-0.2, 0) is 4.79 Å². The van der Waals surface area contributed by atoms with Crippen LogP contribution >= 0.6 is 0 Å². The van der Waals surface area contributed by atoms with E-state index >= 15 is 0 Å². The molecular formula is C16H28N2O3. The summed E-state index contributed by atoms with van der Waals surface area (Å²) in [5.74, 6) is -0.316. The van der Waals surface area contributed by atoms with Gasteiger partial charge in [-0.1, -0.05) is 34.1 Å². The van der Waals surface area contributed by atoms with Gasteiger partial charge in [-0.3, -0.25) is 0 Å². The lowest BCUT2D eigenvalue weighted by atomic mass is 9.68. The number of carboxylic acids is 1. The molecule has 2 amide bonds. The molecule has 0 saturated heterocycles. The summed E-state index contributed by atoms with van der Waals surface area (Å²) in [6.07, 6.45) is 4.71. The van der Waals surface area contributed by atoms with Gasteiger partial charge in [-0.2, -0.15) is 0 Å². The summed E-state index contributed by atoms with van der Waals surface area (Å²) in [5, 5.41) is 14.8. The number of amides is 2. The minimum absolute atomic E-state index is 0.0772. The lowest BCUT2D eigenvalue weighted by Gasteiger charge is -2.43. The predicted molar refractivity (Wildman–Crippen MR) is 81.0 cm³/mol. The first-order valence-electron chi connectivity index (χ1n) is 8.00. The van der Waals surface area contributed by atoms with Crippen LogP contribution in [0.15, 0.2) is 0 Å². The van der Waals surface area contributed by atoms with Crippen molar-refractivity contribution in [2.75, 3.05) is 0 Å². The second-order valence-electron chi connectivity index (χ2n) is 7.65. The Bertz CT molecular complexity index is 430. The fourth-order valence-corrected chi connectivity index (χ4v) is 4.54. The molecule has 0 aromatic rings. The largest absolute Gasteiger partial charge is 0.480 e. The monoisotopic (exact) mass is 296 g/mol. The third-order valence-electron chi connectivity index (χ3n) is 5.73. The highest BCUT2D eigenvalue weighted by Gasteiger charge is 2.59. The molecule has 0 spiro atoms. The number of carboxylic acid groups (broad SMARTS) is 1. The zero-order valence-corrected chi connectivity index (χ0v) is 13.5. The normalized spacial score (nSPS) is 34.5. The van der Waals surface area contributed by atoms with Crippen LogP contribution in [0.4, 0.5) is 4.79 Å². The lowest BCUT2D eigenvalue weighted by molar-refractivity contribution is -0.139. The van der Waals surface area contributed by atoms with Gasteiger partial charge >= 0.3 is 12.0 Å². The quantitative estimate of drug-likeness (QED) is 0.730. The first-order chi connectivity index (χ1) is 9.70. The van der Waals surface area contributed by atoms with E-state index in [9.17, 15) is 9.59 Å². The average Bonchev–Trinajstić information content (AvgIpc) is 2.85. The first-order valence-corrected chi connectivity index (χ1v) is 8.00. The van der Waals surface area contributed by atoms with Gasteiger partial charge in [-0.15, -0.1) is 0 Å². The van der Waals surface area contributed by atoms with Crippen LogP contribution in [0.1, 0.15) is 59.8 Å². The summed E-state index contributed by atoms with van der Waals surface area (Å²) < 4.78 is 0. The van der Waals surface area contributed by atoms with Crippen molar-refractivity contribution in [3.8, 4) is 0 Å². The molecule has 2 fully saturated rings. The molecule has 0 aliphatic heterocycles. The molecule has 2 rings (SSSR count). The maximum atomic E-state index is 12.2. The molecule has 0 radical (unpaired) electrons. The third kappa shape index (κ3) is 2.87. The van der Waals surface area contributed by atoms with Crippen molar-refractivity contribution >= 4 is 12.0 Å². The Hall–Kier alpha value is -1.26. The summed E-state index contributed by atoms with van der Waals surface area (Å²) in [6.45, 7) is 8.59. The van der Waals surface area contributed by atoms with Crippen molar-refractivity contribution in [3.05, 3.63) is 0 Å². The summed E-state index contributed by atoms with van der Waals surface area (Å²) in [7, 11) is 0. The number of carbonyl (C=O) groups excluding carboxylic acids is 1. The van der Waals surface area contributed by atoms with Crippen molar-refractivity contribution in [1.29, 1.82) is 0 Å². The molecule has 120 valence electrons. The zero-order valence-electron chi connectivity index (χ0n) is 13.5. The maximum Gasteiger partial charge on any atom is 0.326 e. The smallest absolute Gasteiger partial charge is 0.326 e. The van der Waals surface area contributed by atoms with E-state index in [0.717, 1.165) is 19.3 Å². The van der Waals surface area contributed by atoms with Crippen LogP contribution in [0.2, 0.25) is 0 Å². The van der Waals surface area contributed by atoms with Gasteiger partial charge in [-0.25, -0.2) is 9.59 Å². The molecule has 5 nitrogen and oxygen atoms in total. The van der Waals surface area contributed by atoms with E-state index in [1.807, 2.05) is 6.92 Å². The molecule has 5 heteroatoms. The standard InChI is InChI=1S/C16H28N2O3/c1-5-6-11(12(19)20)17-14(21)18-13-15(2,3)10-7-8-16(13,4)9-10/h10-11,13H,5-9H2,1-4H3,(H,19,20)(H2,17,18,21). The van der Waals surface area contributed by atoms with Crippen LogP contribution in [0.25, 0.3) is 0 Å². The molecule has 4 atom stereocenters. The van der Waals surface area contributed by atoms with Crippen LogP contribution < -0.4 is 10.6 Å². The molecule has 4 unspecified atom stereocenters. The topological polar surface area (TPSA) is 78.4 Å². The molecule has 0 aromatic heterocycles. The first kappa shape index (κ1) is 16.1. The van der Waals surface area contributed by atoms with Gasteiger partial charge in [0.1, 0.15) is 6.04 Å². The Balaban J connectivity index is 2.01. The fourth-order valence-electron chi connectivity index (χ4n) is 4.54. The summed E-state index contributed by atoms with van der Waals surface area (Å²) >= 11 is 0. The summed E-state index contributed by atoms with van der Waals surface area (Å²) in [6, 6.07) is -1.04.